The summed E-state index contributed by atoms with van der Waals surface area (Å²) in [6.45, 7) is 6.61. The molecule has 2 aromatic heterocycles. The smallest absolute Gasteiger partial charge is 0.356 e. The maximum absolute atomic E-state index is 13.5. The number of halogens is 1. The van der Waals surface area contributed by atoms with Crippen molar-refractivity contribution in [1.29, 1.82) is 0 Å². The second kappa shape index (κ2) is 8.95. The number of carboxylic acids is 1. The van der Waals surface area contributed by atoms with Crippen molar-refractivity contribution < 1.29 is 9.90 Å². The first-order valence-electron chi connectivity index (χ1n) is 11.7. The largest absolute Gasteiger partial charge is 0.476 e. The van der Waals surface area contributed by atoms with Crippen LogP contribution in [-0.4, -0.2) is 25.6 Å². The van der Waals surface area contributed by atoms with Crippen LogP contribution in [0.1, 0.15) is 58.7 Å². The fourth-order valence-electron chi connectivity index (χ4n) is 4.97. The molecule has 1 aliphatic rings. The van der Waals surface area contributed by atoms with E-state index < -0.39 is 5.97 Å². The highest BCUT2D eigenvalue weighted by molar-refractivity contribution is 6.29. The predicted molar refractivity (Wildman–Crippen MR) is 141 cm³/mol. The molecule has 0 bridgehead atoms. The van der Waals surface area contributed by atoms with E-state index in [2.05, 4.69) is 34.3 Å². The molecule has 0 amide bonds. The number of aromatic nitrogens is 3. The van der Waals surface area contributed by atoms with Crippen molar-refractivity contribution in [2.24, 2.45) is 7.05 Å². The van der Waals surface area contributed by atoms with Crippen molar-refractivity contribution in [3.05, 3.63) is 92.0 Å². The van der Waals surface area contributed by atoms with Gasteiger partial charge in [0.2, 0.25) is 5.95 Å². The Morgan fingerprint density at radius 2 is 1.94 bits per heavy atom. The van der Waals surface area contributed by atoms with Gasteiger partial charge in [-0.3, -0.25) is 9.36 Å². The van der Waals surface area contributed by atoms with Gasteiger partial charge in [0.1, 0.15) is 5.15 Å². The number of hydrogen-bond donors (Lipinski definition) is 2. The van der Waals surface area contributed by atoms with Gasteiger partial charge in [0, 0.05) is 19.2 Å². The Morgan fingerprint density at radius 3 is 2.67 bits per heavy atom. The van der Waals surface area contributed by atoms with Crippen LogP contribution in [0.4, 0.5) is 11.6 Å². The number of aryl methyl sites for hydroxylation is 1. The molecule has 9 heteroatoms. The van der Waals surface area contributed by atoms with Gasteiger partial charge in [0.25, 0.3) is 5.56 Å². The number of hydrogen-bond acceptors (Lipinski definition) is 6. The summed E-state index contributed by atoms with van der Waals surface area (Å²) in [5.41, 5.74) is 4.76. The summed E-state index contributed by atoms with van der Waals surface area (Å²) in [6.07, 6.45) is 0. The number of nitrogens with one attached hydrogen (secondary N) is 1. The van der Waals surface area contributed by atoms with Crippen molar-refractivity contribution in [3.63, 3.8) is 0 Å². The molecule has 3 heterocycles. The summed E-state index contributed by atoms with van der Waals surface area (Å²) in [6, 6.07) is 14.9. The maximum Gasteiger partial charge on any atom is 0.356 e. The van der Waals surface area contributed by atoms with Crippen molar-refractivity contribution >= 4 is 40.1 Å². The van der Waals surface area contributed by atoms with Crippen LogP contribution in [0.3, 0.4) is 0 Å². The lowest BCUT2D eigenvalue weighted by Crippen LogP contribution is -2.30. The van der Waals surface area contributed by atoms with Crippen molar-refractivity contribution in [2.45, 2.75) is 39.4 Å². The molecule has 1 aliphatic heterocycles. The zero-order chi connectivity index (χ0) is 25.7. The van der Waals surface area contributed by atoms with E-state index >= 15 is 0 Å². The quantitative estimate of drug-likeness (QED) is 0.359. The Bertz CT molecular complexity index is 1580. The van der Waals surface area contributed by atoms with E-state index in [9.17, 15) is 14.7 Å². The molecule has 0 aliphatic carbocycles. The van der Waals surface area contributed by atoms with Crippen LogP contribution in [0.15, 0.2) is 53.3 Å². The Morgan fingerprint density at radius 1 is 1.19 bits per heavy atom. The first kappa shape index (κ1) is 23.8. The zero-order valence-electron chi connectivity index (χ0n) is 20.4. The first-order valence-corrected chi connectivity index (χ1v) is 12.1. The van der Waals surface area contributed by atoms with Crippen molar-refractivity contribution in [1.82, 2.24) is 14.5 Å². The van der Waals surface area contributed by atoms with Gasteiger partial charge in [-0.05, 0) is 55.7 Å². The number of anilines is 2. The van der Waals surface area contributed by atoms with Gasteiger partial charge in [-0.2, -0.15) is 0 Å². The number of fused-ring (bicyclic) bond motifs is 2. The molecule has 0 saturated heterocycles. The molecule has 0 saturated carbocycles. The SMILES string of the molecule is Cc1cc([C@@H](C)Nc2ccc(Cl)nc2C(=O)O)c2nc(N3Cc4ccccc4[C@@H]3C)n(C)c(=O)c2c1. The standard InChI is InChI=1S/C27H26ClN5O3/c1-14-11-19(15(2)29-21-9-10-22(28)30-24(21)26(35)36)23-20(12-14)25(34)32(4)27(31-23)33-13-17-7-5-6-8-18(17)16(33)3/h5-12,15-16,29H,13H2,1-4H3,(H,35,36)/t15-,16+/m1/s1. The fraction of sp³-hybridized carbons (Fsp3) is 0.259. The second-order valence-corrected chi connectivity index (χ2v) is 9.62. The number of rotatable bonds is 5. The highest BCUT2D eigenvalue weighted by Crippen LogP contribution is 2.37. The van der Waals surface area contributed by atoms with Crippen LogP contribution in [0, 0.1) is 6.92 Å². The van der Waals surface area contributed by atoms with E-state index in [1.807, 2.05) is 38.1 Å². The lowest BCUT2D eigenvalue weighted by atomic mass is 10.0. The molecule has 2 atom stereocenters. The van der Waals surface area contributed by atoms with Crippen LogP contribution in [0.2, 0.25) is 5.15 Å². The summed E-state index contributed by atoms with van der Waals surface area (Å²) in [7, 11) is 1.75. The molecule has 0 fully saturated rings. The number of nitrogens with zero attached hydrogens (tertiary/aromatic N) is 4. The lowest BCUT2D eigenvalue weighted by Gasteiger charge is -2.26. The summed E-state index contributed by atoms with van der Waals surface area (Å²) >= 11 is 5.92. The number of carbonyl (C=O) groups is 1. The van der Waals surface area contributed by atoms with Crippen LogP contribution in [0.25, 0.3) is 10.9 Å². The lowest BCUT2D eigenvalue weighted by molar-refractivity contribution is 0.0691. The van der Waals surface area contributed by atoms with E-state index in [1.165, 1.54) is 17.2 Å². The monoisotopic (exact) mass is 503 g/mol. The highest BCUT2D eigenvalue weighted by atomic mass is 35.5. The van der Waals surface area contributed by atoms with Gasteiger partial charge in [-0.25, -0.2) is 14.8 Å². The summed E-state index contributed by atoms with van der Waals surface area (Å²) in [5.74, 6) is -0.592. The maximum atomic E-state index is 13.5. The molecule has 0 spiro atoms. The van der Waals surface area contributed by atoms with Crippen LogP contribution < -0.4 is 15.8 Å². The Labute approximate surface area is 213 Å². The number of aromatic carboxylic acids is 1. The zero-order valence-corrected chi connectivity index (χ0v) is 21.2. The minimum absolute atomic E-state index is 0.0689. The average molecular weight is 504 g/mol. The number of carboxylic acid groups (broad SMARTS) is 1. The van der Waals surface area contributed by atoms with Gasteiger partial charge in [0.15, 0.2) is 5.69 Å². The van der Waals surface area contributed by atoms with Crippen molar-refractivity contribution in [3.8, 4) is 0 Å². The van der Waals surface area contributed by atoms with Gasteiger partial charge < -0.3 is 15.3 Å². The van der Waals surface area contributed by atoms with Gasteiger partial charge in [0.05, 0.1) is 28.7 Å². The van der Waals surface area contributed by atoms with Crippen LogP contribution in [-0.2, 0) is 13.6 Å². The van der Waals surface area contributed by atoms with E-state index in [-0.39, 0.29) is 28.5 Å². The minimum atomic E-state index is -1.18. The molecule has 36 heavy (non-hydrogen) atoms. The van der Waals surface area contributed by atoms with E-state index in [1.54, 1.807) is 17.7 Å². The topological polar surface area (TPSA) is 100 Å². The number of benzene rings is 2. The van der Waals surface area contributed by atoms with Gasteiger partial charge in [-0.15, -0.1) is 0 Å². The van der Waals surface area contributed by atoms with Crippen LogP contribution >= 0.6 is 11.6 Å². The summed E-state index contributed by atoms with van der Waals surface area (Å²) in [4.78, 5) is 36.4. The predicted octanol–water partition coefficient (Wildman–Crippen LogP) is 5.24. The molecular weight excluding hydrogens is 478 g/mol. The Kier molecular flexibility index (Phi) is 5.92. The molecular formula is C27H26ClN5O3. The Hall–Kier alpha value is -3.91. The molecule has 4 aromatic rings. The fourth-order valence-corrected chi connectivity index (χ4v) is 5.12. The normalized spacial score (nSPS) is 15.7. The summed E-state index contributed by atoms with van der Waals surface area (Å²) in [5, 5.41) is 13.4. The average Bonchev–Trinajstić information content (AvgIpc) is 3.18. The van der Waals surface area contributed by atoms with E-state index in [0.29, 0.717) is 29.1 Å². The molecule has 8 nitrogen and oxygen atoms in total. The third-order valence-electron chi connectivity index (χ3n) is 6.80. The second-order valence-electron chi connectivity index (χ2n) is 9.23. The molecule has 2 N–H and O–H groups in total. The number of pyridine rings is 1. The van der Waals surface area contributed by atoms with Gasteiger partial charge >= 0.3 is 5.97 Å². The third kappa shape index (κ3) is 3.97. The highest BCUT2D eigenvalue weighted by Gasteiger charge is 2.30. The molecule has 2 aromatic carbocycles. The first-order chi connectivity index (χ1) is 17.2. The molecule has 5 rings (SSSR count). The van der Waals surface area contributed by atoms with Gasteiger partial charge in [-0.1, -0.05) is 41.9 Å². The van der Waals surface area contributed by atoms with Crippen LogP contribution in [0.5, 0.6) is 0 Å². The minimum Gasteiger partial charge on any atom is -0.476 e. The van der Waals surface area contributed by atoms with Crippen molar-refractivity contribution in [2.75, 3.05) is 10.2 Å². The van der Waals surface area contributed by atoms with E-state index in [4.69, 9.17) is 16.6 Å². The summed E-state index contributed by atoms with van der Waals surface area (Å²) < 4.78 is 1.61. The molecule has 0 unspecified atom stereocenters. The molecule has 184 valence electrons. The third-order valence-corrected chi connectivity index (χ3v) is 7.01. The molecule has 0 radical (unpaired) electrons. The Balaban J connectivity index is 1.62. The van der Waals surface area contributed by atoms with E-state index in [0.717, 1.165) is 11.1 Å².